The fraction of sp³-hybridized carbons (Fsp3) is 1.00. The van der Waals surface area contributed by atoms with Gasteiger partial charge in [0.15, 0.2) is 0 Å². The van der Waals surface area contributed by atoms with Crippen LogP contribution in [0.15, 0.2) is 0 Å². The molecule has 6 heavy (non-hydrogen) atoms. The highest BCUT2D eigenvalue weighted by atomic mass is 16.5. The second-order valence-corrected chi connectivity index (χ2v) is 0.827. The quantitative estimate of drug-likeness (QED) is 0.360. The van der Waals surface area contributed by atoms with Crippen LogP contribution >= 0.6 is 0 Å². The molecule has 1 atom stereocenters. The normalized spacial score (nSPS) is 21.8. The molecule has 1 unspecified atom stereocenters. The van der Waals surface area contributed by atoms with E-state index >= 15 is 0 Å². The summed E-state index contributed by atoms with van der Waals surface area (Å²) in [6.07, 6.45) is -1.71. The van der Waals surface area contributed by atoms with Crippen LogP contribution in [0.5, 0.6) is 0 Å². The van der Waals surface area contributed by atoms with Crippen LogP contribution in [-0.4, -0.2) is 34.6 Å². The highest BCUT2D eigenvalue weighted by Crippen LogP contribution is 1.71. The molecule has 0 aliphatic rings. The standard InChI is InChI=1S/C3H8O3/c4-1-3(6)2-5/h3-6H,1-2H2/i1+1D2,3+1. The molecular formula is C3H8O3. The van der Waals surface area contributed by atoms with Crippen LogP contribution in [0.25, 0.3) is 0 Å². The summed E-state index contributed by atoms with van der Waals surface area (Å²) in [6, 6.07) is 0. The summed E-state index contributed by atoms with van der Waals surface area (Å²) in [4.78, 5) is 0. The maximum absolute atomic E-state index is 8.32. The average Bonchev–Trinajstić information content (AvgIpc) is 1.62. The fourth-order valence-corrected chi connectivity index (χ4v) is 0.0408. The van der Waals surface area contributed by atoms with E-state index in [1.807, 2.05) is 0 Å². The lowest BCUT2D eigenvalue weighted by Crippen LogP contribution is -2.15. The Morgan fingerprint density at radius 2 is 2.17 bits per heavy atom. The molecule has 0 rings (SSSR count). The molecule has 38 valence electrons. The van der Waals surface area contributed by atoms with E-state index < -0.39 is 19.3 Å². The Morgan fingerprint density at radius 3 is 2.17 bits per heavy atom. The molecule has 0 fully saturated rings. The van der Waals surface area contributed by atoms with Gasteiger partial charge in [-0.25, -0.2) is 0 Å². The molecular weight excluding hydrogens is 86.0 g/mol. The van der Waals surface area contributed by atoms with Crippen LogP contribution in [0.2, 0.25) is 0 Å². The van der Waals surface area contributed by atoms with Crippen molar-refractivity contribution in [2.45, 2.75) is 6.10 Å². The molecule has 0 saturated heterocycles. The van der Waals surface area contributed by atoms with Gasteiger partial charge in [0.2, 0.25) is 0 Å². The van der Waals surface area contributed by atoms with E-state index in [9.17, 15) is 0 Å². The van der Waals surface area contributed by atoms with Crippen LogP contribution in [0, 0.1) is 0 Å². The molecule has 3 nitrogen and oxygen atoms in total. The number of hydrogen-bond donors (Lipinski definition) is 3. The van der Waals surface area contributed by atoms with Crippen molar-refractivity contribution in [2.75, 3.05) is 13.2 Å². The van der Waals surface area contributed by atoms with Crippen molar-refractivity contribution in [1.82, 2.24) is 0 Å². The predicted molar refractivity (Wildman–Crippen MR) is 20.2 cm³/mol. The van der Waals surface area contributed by atoms with E-state index in [0.29, 0.717) is 0 Å². The fourth-order valence-electron chi connectivity index (χ4n) is 0.0408. The third-order valence-electron chi connectivity index (χ3n) is 0.322. The van der Waals surface area contributed by atoms with E-state index in [-0.39, 0.29) is 0 Å². The molecule has 0 spiro atoms. The number of aliphatic hydroxyl groups excluding tert-OH is 2. The first kappa shape index (κ1) is 2.96. The van der Waals surface area contributed by atoms with Gasteiger partial charge in [-0.2, -0.15) is 0 Å². The molecule has 0 amide bonds. The first-order chi connectivity index (χ1) is 3.48. The third kappa shape index (κ3) is 2.14. The topological polar surface area (TPSA) is 60.7 Å². The van der Waals surface area contributed by atoms with Crippen molar-refractivity contribution >= 4 is 0 Å². The zero-order chi connectivity index (χ0) is 6.78. The van der Waals surface area contributed by atoms with E-state index in [1.54, 1.807) is 0 Å². The zero-order valence-electron chi connectivity index (χ0n) is 5.13. The number of rotatable bonds is 2. The Kier molecular flexibility index (Phi) is 1.52. The van der Waals surface area contributed by atoms with Gasteiger partial charge >= 0.3 is 0 Å². The highest BCUT2D eigenvalue weighted by Gasteiger charge is 1.93. The number of aliphatic hydroxyl groups is 3. The molecule has 0 heterocycles. The minimum atomic E-state index is -2.69. The average molecular weight is 96.1 g/mol. The summed E-state index contributed by atoms with van der Waals surface area (Å²) in [5.74, 6) is 0. The Labute approximate surface area is 38.7 Å². The summed E-state index contributed by atoms with van der Waals surface area (Å²) in [6.45, 7) is -3.46. The molecule has 0 radical (unpaired) electrons. The van der Waals surface area contributed by atoms with Crippen LogP contribution in [0.4, 0.5) is 0 Å². The lowest BCUT2D eigenvalue weighted by atomic mass is 11.0. The van der Waals surface area contributed by atoms with Gasteiger partial charge in [0.25, 0.3) is 0 Å². The maximum Gasteiger partial charge on any atom is 0.100 e. The minimum Gasteiger partial charge on any atom is -0.394 e. The van der Waals surface area contributed by atoms with Crippen molar-refractivity contribution in [3.8, 4) is 0 Å². The Hall–Kier alpha value is -0.120. The van der Waals surface area contributed by atoms with Gasteiger partial charge in [0.1, 0.15) is 6.10 Å². The van der Waals surface area contributed by atoms with Gasteiger partial charge < -0.3 is 15.3 Å². The molecule has 0 aliphatic carbocycles. The van der Waals surface area contributed by atoms with Crippen LogP contribution in [0.1, 0.15) is 2.74 Å². The van der Waals surface area contributed by atoms with Gasteiger partial charge in [0, 0.05) is 0 Å². The lowest BCUT2D eigenvalue weighted by Gasteiger charge is -1.96. The molecule has 0 aliphatic heterocycles. The highest BCUT2D eigenvalue weighted by molar-refractivity contribution is 4.43. The monoisotopic (exact) mass is 96.1 g/mol. The summed E-state index contributed by atoms with van der Waals surface area (Å²) >= 11 is 0. The van der Waals surface area contributed by atoms with Gasteiger partial charge in [-0.1, -0.05) is 0 Å². The molecule has 0 aromatic heterocycles. The second-order valence-electron chi connectivity index (χ2n) is 0.827. The van der Waals surface area contributed by atoms with Gasteiger partial charge in [-0.15, -0.1) is 0 Å². The van der Waals surface area contributed by atoms with Crippen LogP contribution in [0.3, 0.4) is 0 Å². The van der Waals surface area contributed by atoms with Crippen molar-refractivity contribution in [3.05, 3.63) is 0 Å². The first-order valence-electron chi connectivity index (χ1n) is 2.49. The van der Waals surface area contributed by atoms with E-state index in [0.717, 1.165) is 0 Å². The van der Waals surface area contributed by atoms with E-state index in [4.69, 9.17) is 18.1 Å². The number of hydrogen-bond acceptors (Lipinski definition) is 3. The predicted octanol–water partition coefficient (Wildman–Crippen LogP) is -1.67. The van der Waals surface area contributed by atoms with Gasteiger partial charge in [0.05, 0.1) is 15.9 Å². The Bertz CT molecular complexity index is 69.4. The van der Waals surface area contributed by atoms with Crippen LogP contribution < -0.4 is 0 Å². The Morgan fingerprint density at radius 1 is 1.67 bits per heavy atom. The minimum absolute atomic E-state index is 0.774. The molecule has 0 aromatic rings. The van der Waals surface area contributed by atoms with Crippen molar-refractivity contribution in [3.63, 3.8) is 0 Å². The zero-order valence-corrected chi connectivity index (χ0v) is 3.13. The van der Waals surface area contributed by atoms with Crippen molar-refractivity contribution in [2.24, 2.45) is 0 Å². The van der Waals surface area contributed by atoms with Gasteiger partial charge in [-0.05, 0) is 0 Å². The largest absolute Gasteiger partial charge is 0.394 e. The smallest absolute Gasteiger partial charge is 0.100 e. The molecule has 3 heteroatoms. The summed E-state index contributed by atoms with van der Waals surface area (Å²) in [7, 11) is 0. The van der Waals surface area contributed by atoms with Gasteiger partial charge in [-0.3, -0.25) is 0 Å². The SMILES string of the molecule is [2H][13C]([2H])(O)[13CH](O)CO. The lowest BCUT2D eigenvalue weighted by molar-refractivity contribution is 0.0450. The van der Waals surface area contributed by atoms with Crippen LogP contribution in [-0.2, 0) is 0 Å². The summed E-state index contributed by atoms with van der Waals surface area (Å²) in [5, 5.41) is 24.5. The summed E-state index contributed by atoms with van der Waals surface area (Å²) in [5.41, 5.74) is 0. The summed E-state index contributed by atoms with van der Waals surface area (Å²) < 4.78 is 12.7. The first-order valence-corrected chi connectivity index (χ1v) is 1.49. The second kappa shape index (κ2) is 3.08. The van der Waals surface area contributed by atoms with Crippen molar-refractivity contribution in [1.29, 1.82) is 0 Å². The van der Waals surface area contributed by atoms with Crippen molar-refractivity contribution < 1.29 is 18.1 Å². The molecule has 0 saturated carbocycles. The molecule has 0 bridgehead atoms. The molecule has 0 aromatic carbocycles. The molecule has 3 N–H and O–H groups in total. The maximum atomic E-state index is 8.32. The third-order valence-corrected chi connectivity index (χ3v) is 0.322. The van der Waals surface area contributed by atoms with E-state index in [1.165, 1.54) is 0 Å². The Balaban J connectivity index is 3.62. The van der Waals surface area contributed by atoms with E-state index in [2.05, 4.69) is 0 Å².